The minimum absolute atomic E-state index is 0.247. The molecule has 3 aromatic rings. The van der Waals surface area contributed by atoms with E-state index < -0.39 is 0 Å². The number of methoxy groups -OCH3 is 1. The Hall–Kier alpha value is -2.58. The van der Waals surface area contributed by atoms with E-state index in [4.69, 9.17) is 4.74 Å². The van der Waals surface area contributed by atoms with Gasteiger partial charge in [-0.1, -0.05) is 42.1 Å². The molecule has 36 heavy (non-hydrogen) atoms. The first-order chi connectivity index (χ1) is 17.6. The Morgan fingerprint density at radius 1 is 0.972 bits per heavy atom. The van der Waals surface area contributed by atoms with Gasteiger partial charge in [0.15, 0.2) is 11.0 Å². The number of rotatable bonds is 8. The Balaban J connectivity index is 1.05. The normalized spacial score (nSPS) is 18.0. The largest absolute Gasteiger partial charge is 0.494 e. The number of anilines is 1. The fourth-order valence-corrected chi connectivity index (χ4v) is 6.45. The van der Waals surface area contributed by atoms with Crippen molar-refractivity contribution < 1.29 is 9.13 Å². The van der Waals surface area contributed by atoms with Crippen molar-refractivity contribution in [2.45, 2.75) is 37.3 Å². The van der Waals surface area contributed by atoms with E-state index in [1.807, 2.05) is 31.3 Å². The molecule has 2 aliphatic rings. The summed E-state index contributed by atoms with van der Waals surface area (Å²) in [5.41, 5.74) is 2.58. The molecule has 0 amide bonds. The highest BCUT2D eigenvalue weighted by atomic mass is 32.2. The number of benzene rings is 2. The van der Waals surface area contributed by atoms with Crippen LogP contribution in [0.4, 0.5) is 10.1 Å². The summed E-state index contributed by atoms with van der Waals surface area (Å²) in [4.78, 5) is 5.00. The molecular weight excluding hydrogens is 473 g/mol. The van der Waals surface area contributed by atoms with Crippen LogP contribution in [0.2, 0.25) is 0 Å². The van der Waals surface area contributed by atoms with Gasteiger partial charge in [0, 0.05) is 37.5 Å². The Kier molecular flexibility index (Phi) is 7.82. The lowest BCUT2D eigenvalue weighted by molar-refractivity contribution is 0.0801. The lowest BCUT2D eigenvalue weighted by atomic mass is 9.71. The van der Waals surface area contributed by atoms with Gasteiger partial charge in [0.2, 0.25) is 0 Å². The van der Waals surface area contributed by atoms with Crippen LogP contribution in [0, 0.1) is 11.2 Å². The van der Waals surface area contributed by atoms with Crippen molar-refractivity contribution in [2.75, 3.05) is 50.5 Å². The van der Waals surface area contributed by atoms with Gasteiger partial charge >= 0.3 is 0 Å². The molecule has 192 valence electrons. The van der Waals surface area contributed by atoms with Crippen LogP contribution < -0.4 is 9.64 Å². The highest BCUT2D eigenvalue weighted by Crippen LogP contribution is 2.43. The quantitative estimate of drug-likeness (QED) is 0.295. The van der Waals surface area contributed by atoms with Crippen LogP contribution in [0.15, 0.2) is 53.7 Å². The van der Waals surface area contributed by atoms with Crippen LogP contribution in [0.3, 0.4) is 0 Å². The van der Waals surface area contributed by atoms with Crippen LogP contribution in [-0.2, 0) is 7.05 Å². The summed E-state index contributed by atoms with van der Waals surface area (Å²) in [5.74, 6) is 2.36. The highest BCUT2D eigenvalue weighted by Gasteiger charge is 2.37. The molecule has 1 spiro atoms. The molecule has 0 bridgehead atoms. The molecule has 2 aromatic carbocycles. The Morgan fingerprint density at radius 2 is 1.69 bits per heavy atom. The third kappa shape index (κ3) is 5.54. The van der Waals surface area contributed by atoms with Crippen LogP contribution >= 0.6 is 11.8 Å². The van der Waals surface area contributed by atoms with Gasteiger partial charge in [-0.2, -0.15) is 0 Å². The standard InChI is InChI=1S/C28H36FN5OS/c1-32-26(22-7-4-3-5-8-22)30-31-27(32)36-20-6-15-33-16-11-28(12-17-33)13-18-34(19-14-28)24-10-9-23(29)21-25(24)35-2/h3-5,7-10,21H,6,11-20H2,1-2H3. The second kappa shape index (κ2) is 11.2. The van der Waals surface area contributed by atoms with Gasteiger partial charge in [-0.05, 0) is 69.3 Å². The van der Waals surface area contributed by atoms with E-state index in [9.17, 15) is 4.39 Å². The van der Waals surface area contributed by atoms with E-state index in [1.54, 1.807) is 18.9 Å². The van der Waals surface area contributed by atoms with E-state index >= 15 is 0 Å². The first kappa shape index (κ1) is 25.1. The van der Waals surface area contributed by atoms with Gasteiger partial charge in [0.25, 0.3) is 0 Å². The van der Waals surface area contributed by atoms with E-state index in [0.717, 1.165) is 54.0 Å². The molecule has 0 aliphatic carbocycles. The summed E-state index contributed by atoms with van der Waals surface area (Å²) in [7, 11) is 3.67. The summed E-state index contributed by atoms with van der Waals surface area (Å²) in [6.45, 7) is 5.55. The minimum Gasteiger partial charge on any atom is -0.494 e. The van der Waals surface area contributed by atoms with E-state index in [2.05, 4.69) is 36.7 Å². The molecule has 2 fully saturated rings. The zero-order valence-electron chi connectivity index (χ0n) is 21.3. The van der Waals surface area contributed by atoms with E-state index in [-0.39, 0.29) is 5.82 Å². The Bertz CT molecular complexity index is 1140. The number of nitrogens with zero attached hydrogens (tertiary/aromatic N) is 5. The molecule has 0 saturated carbocycles. The lowest BCUT2D eigenvalue weighted by Crippen LogP contribution is -2.47. The van der Waals surface area contributed by atoms with Gasteiger partial charge in [-0.3, -0.25) is 0 Å². The second-order valence-corrected chi connectivity index (χ2v) is 11.1. The highest BCUT2D eigenvalue weighted by molar-refractivity contribution is 7.99. The fraction of sp³-hybridized carbons (Fsp3) is 0.500. The van der Waals surface area contributed by atoms with Crippen molar-refractivity contribution in [3.8, 4) is 17.1 Å². The van der Waals surface area contributed by atoms with Crippen LogP contribution in [0.1, 0.15) is 32.1 Å². The van der Waals surface area contributed by atoms with Gasteiger partial charge < -0.3 is 19.1 Å². The molecule has 0 atom stereocenters. The predicted molar refractivity (Wildman–Crippen MR) is 144 cm³/mol. The van der Waals surface area contributed by atoms with Gasteiger partial charge in [0.1, 0.15) is 11.6 Å². The summed E-state index contributed by atoms with van der Waals surface area (Å²) in [5, 5.41) is 9.79. The Morgan fingerprint density at radius 3 is 2.42 bits per heavy atom. The lowest BCUT2D eigenvalue weighted by Gasteiger charge is -2.47. The van der Waals surface area contributed by atoms with Gasteiger partial charge in [0.05, 0.1) is 12.8 Å². The average Bonchev–Trinajstić information content (AvgIpc) is 3.29. The SMILES string of the molecule is COc1cc(F)ccc1N1CCC2(CCN(CCCSc3nnc(-c4ccccc4)n3C)CC2)CC1. The topological polar surface area (TPSA) is 46.4 Å². The number of likely N-dealkylation sites (tertiary alicyclic amines) is 1. The van der Waals surface area contributed by atoms with Crippen molar-refractivity contribution in [1.29, 1.82) is 0 Å². The van der Waals surface area contributed by atoms with E-state index in [0.29, 0.717) is 11.2 Å². The fourth-order valence-electron chi connectivity index (χ4n) is 5.62. The number of hydrogen-bond donors (Lipinski definition) is 0. The number of ether oxygens (including phenoxy) is 1. The third-order valence-corrected chi connectivity index (χ3v) is 9.05. The van der Waals surface area contributed by atoms with E-state index in [1.165, 1.54) is 50.9 Å². The molecule has 3 heterocycles. The van der Waals surface area contributed by atoms with Gasteiger partial charge in [-0.15, -0.1) is 10.2 Å². The van der Waals surface area contributed by atoms with Crippen molar-refractivity contribution in [1.82, 2.24) is 19.7 Å². The maximum absolute atomic E-state index is 13.6. The van der Waals surface area contributed by atoms with Crippen LogP contribution in [0.25, 0.3) is 11.4 Å². The summed E-state index contributed by atoms with van der Waals surface area (Å²) < 4.78 is 21.1. The van der Waals surface area contributed by atoms with Crippen molar-refractivity contribution >= 4 is 17.4 Å². The zero-order valence-corrected chi connectivity index (χ0v) is 22.1. The molecule has 5 rings (SSSR count). The number of halogens is 1. The molecular formula is C28H36FN5OS. The van der Waals surface area contributed by atoms with Crippen molar-refractivity contribution in [3.63, 3.8) is 0 Å². The molecule has 8 heteroatoms. The second-order valence-electron chi connectivity index (χ2n) is 10.1. The molecule has 0 unspecified atom stereocenters. The summed E-state index contributed by atoms with van der Waals surface area (Å²) in [6, 6.07) is 15.1. The molecule has 6 nitrogen and oxygen atoms in total. The maximum atomic E-state index is 13.6. The molecule has 2 aliphatic heterocycles. The number of hydrogen-bond acceptors (Lipinski definition) is 6. The number of piperidine rings is 2. The molecule has 1 aromatic heterocycles. The smallest absolute Gasteiger partial charge is 0.191 e. The third-order valence-electron chi connectivity index (χ3n) is 7.94. The summed E-state index contributed by atoms with van der Waals surface area (Å²) in [6.07, 6.45) is 6.11. The van der Waals surface area contributed by atoms with Crippen molar-refractivity contribution in [3.05, 3.63) is 54.3 Å². The van der Waals surface area contributed by atoms with Crippen LogP contribution in [-0.4, -0.2) is 65.3 Å². The molecule has 2 saturated heterocycles. The number of thioether (sulfide) groups is 1. The Labute approximate surface area is 217 Å². The summed E-state index contributed by atoms with van der Waals surface area (Å²) >= 11 is 1.80. The van der Waals surface area contributed by atoms with Crippen molar-refractivity contribution in [2.24, 2.45) is 12.5 Å². The first-order valence-electron chi connectivity index (χ1n) is 13.0. The average molecular weight is 510 g/mol. The maximum Gasteiger partial charge on any atom is 0.191 e. The van der Waals surface area contributed by atoms with Crippen LogP contribution in [0.5, 0.6) is 5.75 Å². The molecule has 0 radical (unpaired) electrons. The number of aromatic nitrogens is 3. The molecule has 0 N–H and O–H groups in total. The zero-order chi connectivity index (χ0) is 25.0. The van der Waals surface area contributed by atoms with Gasteiger partial charge in [-0.25, -0.2) is 4.39 Å². The first-order valence-corrected chi connectivity index (χ1v) is 13.9. The predicted octanol–water partition coefficient (Wildman–Crippen LogP) is 5.49. The minimum atomic E-state index is -0.247. The monoisotopic (exact) mass is 509 g/mol.